The summed E-state index contributed by atoms with van der Waals surface area (Å²) in [5.74, 6) is 1.23. The molecule has 6 rings (SSSR count). The molecule has 2 aromatic rings. The highest BCUT2D eigenvalue weighted by atomic mass is 16.5. The van der Waals surface area contributed by atoms with E-state index in [-0.39, 0.29) is 18.1 Å². The zero-order valence-corrected chi connectivity index (χ0v) is 17.9. The highest BCUT2D eigenvalue weighted by molar-refractivity contribution is 5.81. The third kappa shape index (κ3) is 3.26. The number of hydrogen-bond donors (Lipinski definition) is 0. The normalized spacial score (nSPS) is 30.7. The second-order valence-corrected chi connectivity index (χ2v) is 9.44. The van der Waals surface area contributed by atoms with Crippen molar-refractivity contribution in [1.29, 1.82) is 0 Å². The Labute approximate surface area is 183 Å². The summed E-state index contributed by atoms with van der Waals surface area (Å²) in [6, 6.07) is 18.8. The average molecular weight is 419 g/mol. The third-order valence-corrected chi connectivity index (χ3v) is 7.65. The van der Waals surface area contributed by atoms with Gasteiger partial charge >= 0.3 is 0 Å². The van der Waals surface area contributed by atoms with Gasteiger partial charge < -0.3 is 14.4 Å². The number of carbonyl (C=O) groups excluding carboxylic acids is 1. The van der Waals surface area contributed by atoms with Gasteiger partial charge in [0.05, 0.1) is 18.7 Å². The Morgan fingerprint density at radius 1 is 1.03 bits per heavy atom. The number of benzene rings is 2. The minimum Gasteiger partial charge on any atom is -0.490 e. The molecular formula is C26H30N2O3. The van der Waals surface area contributed by atoms with Crippen LogP contribution in [0.5, 0.6) is 5.75 Å². The van der Waals surface area contributed by atoms with Gasteiger partial charge in [-0.05, 0) is 37.3 Å². The van der Waals surface area contributed by atoms with Crippen LogP contribution in [0.3, 0.4) is 0 Å². The largest absolute Gasteiger partial charge is 0.490 e. The molecule has 4 aliphatic rings. The first-order chi connectivity index (χ1) is 15.2. The van der Waals surface area contributed by atoms with E-state index in [0.29, 0.717) is 19.1 Å². The Hall–Kier alpha value is -2.37. The van der Waals surface area contributed by atoms with E-state index in [4.69, 9.17) is 9.47 Å². The van der Waals surface area contributed by atoms with Crippen LogP contribution in [0.1, 0.15) is 55.8 Å². The number of hydrogen-bond acceptors (Lipinski definition) is 4. The lowest BCUT2D eigenvalue weighted by molar-refractivity contribution is -0.138. The smallest absolute Gasteiger partial charge is 0.226 e. The van der Waals surface area contributed by atoms with Crippen molar-refractivity contribution in [3.63, 3.8) is 0 Å². The van der Waals surface area contributed by atoms with Gasteiger partial charge in [0.15, 0.2) is 5.72 Å². The summed E-state index contributed by atoms with van der Waals surface area (Å²) in [6.45, 7) is 2.40. The van der Waals surface area contributed by atoms with Crippen LogP contribution in [0.2, 0.25) is 0 Å². The molecule has 3 saturated heterocycles. The van der Waals surface area contributed by atoms with Crippen LogP contribution in [0, 0.1) is 0 Å². The first kappa shape index (κ1) is 19.3. The van der Waals surface area contributed by atoms with E-state index in [1.807, 2.05) is 23.1 Å². The third-order valence-electron chi connectivity index (χ3n) is 7.65. The van der Waals surface area contributed by atoms with E-state index in [2.05, 4.69) is 41.3 Å². The zero-order valence-electron chi connectivity index (χ0n) is 17.9. The topological polar surface area (TPSA) is 42.0 Å². The van der Waals surface area contributed by atoms with Crippen molar-refractivity contribution >= 4 is 5.91 Å². The van der Waals surface area contributed by atoms with Crippen molar-refractivity contribution in [2.75, 3.05) is 13.1 Å². The number of amides is 1. The number of carbonyl (C=O) groups is 1. The van der Waals surface area contributed by atoms with E-state index in [1.165, 1.54) is 18.4 Å². The summed E-state index contributed by atoms with van der Waals surface area (Å²) < 4.78 is 13.1. The van der Waals surface area contributed by atoms with Crippen LogP contribution >= 0.6 is 0 Å². The zero-order chi connectivity index (χ0) is 20.8. The van der Waals surface area contributed by atoms with Crippen LogP contribution in [0.15, 0.2) is 54.6 Å². The summed E-state index contributed by atoms with van der Waals surface area (Å²) >= 11 is 0. The Bertz CT molecular complexity index is 958. The van der Waals surface area contributed by atoms with Gasteiger partial charge in [-0.15, -0.1) is 0 Å². The average Bonchev–Trinajstić information content (AvgIpc) is 3.55. The first-order valence-corrected chi connectivity index (χ1v) is 11.7. The quantitative estimate of drug-likeness (QED) is 0.727. The SMILES string of the molecule is O=C1C[C@H]2N(Cc3ccccc3OC3CCCC3)CC[C@]23O[C@@H](c2ccccc2)CN13. The predicted molar refractivity (Wildman–Crippen MR) is 117 cm³/mol. The number of ether oxygens (including phenoxy) is 2. The molecule has 5 heteroatoms. The summed E-state index contributed by atoms with van der Waals surface area (Å²) in [5, 5.41) is 0. The predicted octanol–water partition coefficient (Wildman–Crippen LogP) is 4.28. The minimum absolute atomic E-state index is 0.0362. The molecule has 1 aliphatic carbocycles. The summed E-state index contributed by atoms with van der Waals surface area (Å²) in [7, 11) is 0. The van der Waals surface area contributed by atoms with Crippen molar-refractivity contribution in [3.8, 4) is 5.75 Å². The molecule has 1 saturated carbocycles. The number of likely N-dealkylation sites (tertiary alicyclic amines) is 1. The van der Waals surface area contributed by atoms with Gasteiger partial charge in [0.1, 0.15) is 11.9 Å². The maximum Gasteiger partial charge on any atom is 0.226 e. The maximum atomic E-state index is 12.9. The van der Waals surface area contributed by atoms with E-state index in [1.54, 1.807) is 0 Å². The summed E-state index contributed by atoms with van der Waals surface area (Å²) in [6.07, 6.45) is 6.57. The molecule has 1 amide bonds. The highest BCUT2D eigenvalue weighted by Gasteiger charge is 2.63. The fourth-order valence-corrected chi connectivity index (χ4v) is 6.09. The lowest BCUT2D eigenvalue weighted by Gasteiger charge is -2.32. The van der Waals surface area contributed by atoms with Crippen LogP contribution < -0.4 is 4.74 Å². The molecule has 3 atom stereocenters. The molecule has 5 nitrogen and oxygen atoms in total. The van der Waals surface area contributed by atoms with Crippen molar-refractivity contribution in [2.24, 2.45) is 0 Å². The molecule has 31 heavy (non-hydrogen) atoms. The number of para-hydroxylation sites is 1. The molecule has 0 unspecified atom stereocenters. The first-order valence-electron chi connectivity index (χ1n) is 11.7. The molecular weight excluding hydrogens is 388 g/mol. The van der Waals surface area contributed by atoms with Gasteiger partial charge in [-0.3, -0.25) is 9.69 Å². The molecule has 4 fully saturated rings. The Morgan fingerprint density at radius 2 is 1.81 bits per heavy atom. The lowest BCUT2D eigenvalue weighted by atomic mass is 10.1. The molecule has 2 aromatic carbocycles. The van der Waals surface area contributed by atoms with Gasteiger partial charge in [-0.1, -0.05) is 48.5 Å². The van der Waals surface area contributed by atoms with Gasteiger partial charge in [-0.25, -0.2) is 0 Å². The van der Waals surface area contributed by atoms with Crippen molar-refractivity contribution in [1.82, 2.24) is 9.80 Å². The highest BCUT2D eigenvalue weighted by Crippen LogP contribution is 2.51. The van der Waals surface area contributed by atoms with Crippen LogP contribution in [0.4, 0.5) is 0 Å². The van der Waals surface area contributed by atoms with Crippen LogP contribution in [-0.4, -0.2) is 46.7 Å². The van der Waals surface area contributed by atoms with Crippen LogP contribution in [0.25, 0.3) is 0 Å². The maximum absolute atomic E-state index is 12.9. The van der Waals surface area contributed by atoms with Crippen molar-refractivity contribution in [3.05, 3.63) is 65.7 Å². The summed E-state index contributed by atoms with van der Waals surface area (Å²) in [4.78, 5) is 17.4. The van der Waals surface area contributed by atoms with Gasteiger partial charge in [0.2, 0.25) is 5.91 Å². The standard InChI is InChI=1S/C26H30N2O3/c29-25-16-24-26(28(25)18-23(31-26)19-8-2-1-3-9-19)14-15-27(24)17-20-10-4-7-13-22(20)30-21-11-5-6-12-21/h1-4,7-10,13,21,23-24H,5-6,11-12,14-18H2/t23-,24-,26+/m1/s1. The van der Waals surface area contributed by atoms with Crippen molar-refractivity contribution in [2.45, 2.75) is 69.0 Å². The summed E-state index contributed by atoms with van der Waals surface area (Å²) in [5.41, 5.74) is 1.90. The lowest BCUT2D eigenvalue weighted by Crippen LogP contribution is -2.47. The van der Waals surface area contributed by atoms with Gasteiger partial charge in [0, 0.05) is 31.5 Å². The fraction of sp³-hybridized carbons (Fsp3) is 0.500. The molecule has 3 aliphatic heterocycles. The van der Waals surface area contributed by atoms with E-state index < -0.39 is 5.72 Å². The molecule has 0 aromatic heterocycles. The van der Waals surface area contributed by atoms with Gasteiger partial charge in [-0.2, -0.15) is 0 Å². The van der Waals surface area contributed by atoms with Crippen molar-refractivity contribution < 1.29 is 14.3 Å². The Balaban J connectivity index is 1.22. The minimum atomic E-state index is -0.473. The monoisotopic (exact) mass is 418 g/mol. The second-order valence-electron chi connectivity index (χ2n) is 9.44. The fourth-order valence-electron chi connectivity index (χ4n) is 6.09. The Kier molecular flexibility index (Phi) is 4.77. The molecule has 162 valence electrons. The van der Waals surface area contributed by atoms with E-state index in [9.17, 15) is 4.79 Å². The van der Waals surface area contributed by atoms with E-state index >= 15 is 0 Å². The van der Waals surface area contributed by atoms with E-state index in [0.717, 1.165) is 43.7 Å². The Morgan fingerprint density at radius 3 is 2.65 bits per heavy atom. The number of nitrogens with zero attached hydrogens (tertiary/aromatic N) is 2. The molecule has 0 radical (unpaired) electrons. The molecule has 0 bridgehead atoms. The van der Waals surface area contributed by atoms with Crippen LogP contribution in [-0.2, 0) is 16.1 Å². The molecule has 0 N–H and O–H groups in total. The molecule has 3 heterocycles. The molecule has 1 spiro atoms. The number of rotatable bonds is 5. The van der Waals surface area contributed by atoms with Gasteiger partial charge in [0.25, 0.3) is 0 Å². The second kappa shape index (κ2) is 7.64.